The minimum atomic E-state index is -0.513. The predicted octanol–water partition coefficient (Wildman–Crippen LogP) is 4.38. The molecule has 2 N–H and O–H groups in total. The molecular formula is C27H33N5O5S2. The van der Waals surface area contributed by atoms with Gasteiger partial charge in [-0.15, -0.1) is 21.5 Å². The smallest absolute Gasteiger partial charge is 0.341 e. The molecule has 0 saturated carbocycles. The Bertz CT molecular complexity index is 1350. The Labute approximate surface area is 235 Å². The van der Waals surface area contributed by atoms with Crippen molar-refractivity contribution in [1.29, 1.82) is 0 Å². The number of benzene rings is 1. The Kier molecular flexibility index (Phi) is 9.63. The summed E-state index contributed by atoms with van der Waals surface area (Å²) in [6, 6.07) is 6.97. The van der Waals surface area contributed by atoms with Gasteiger partial charge in [-0.25, -0.2) is 4.79 Å². The lowest BCUT2D eigenvalue weighted by atomic mass is 10.1. The molecule has 1 atom stereocenters. The van der Waals surface area contributed by atoms with Crippen molar-refractivity contribution in [3.63, 3.8) is 0 Å². The van der Waals surface area contributed by atoms with Crippen LogP contribution >= 0.6 is 23.1 Å². The number of aromatic nitrogens is 3. The molecule has 0 radical (unpaired) electrons. The average molecular weight is 572 g/mol. The SMILES string of the molecule is CCOC(=O)c1c(NC(=O)[C@H](C)Sc2nnc(CNC(=O)c3ccccc3OC)n2C)sc2c1CCCCC2. The molecule has 12 heteroatoms. The summed E-state index contributed by atoms with van der Waals surface area (Å²) in [7, 11) is 3.30. The van der Waals surface area contributed by atoms with Crippen LogP contribution < -0.4 is 15.4 Å². The van der Waals surface area contributed by atoms with Crippen molar-refractivity contribution in [2.75, 3.05) is 19.0 Å². The van der Waals surface area contributed by atoms with Crippen molar-refractivity contribution < 1.29 is 23.9 Å². The van der Waals surface area contributed by atoms with Gasteiger partial charge in [0.1, 0.15) is 10.8 Å². The van der Waals surface area contributed by atoms with Gasteiger partial charge in [-0.2, -0.15) is 0 Å². The summed E-state index contributed by atoms with van der Waals surface area (Å²) >= 11 is 2.73. The Balaban J connectivity index is 1.41. The summed E-state index contributed by atoms with van der Waals surface area (Å²) in [5, 5.41) is 14.8. The maximum absolute atomic E-state index is 13.2. The molecular weight excluding hydrogens is 538 g/mol. The fraction of sp³-hybridized carbons (Fsp3) is 0.444. The highest BCUT2D eigenvalue weighted by Gasteiger charge is 2.28. The number of carbonyl (C=O) groups is 3. The number of esters is 1. The van der Waals surface area contributed by atoms with Gasteiger partial charge in [0.25, 0.3) is 5.91 Å². The van der Waals surface area contributed by atoms with Crippen molar-refractivity contribution in [3.05, 3.63) is 51.7 Å². The van der Waals surface area contributed by atoms with Gasteiger partial charge in [0, 0.05) is 11.9 Å². The molecule has 1 aliphatic rings. The summed E-state index contributed by atoms with van der Waals surface area (Å²) in [5.74, 6) is 0.109. The number of ether oxygens (including phenoxy) is 2. The molecule has 3 aromatic rings. The number of nitrogens with zero attached hydrogens (tertiary/aromatic N) is 3. The molecule has 4 rings (SSSR count). The number of fused-ring (bicyclic) bond motifs is 1. The molecule has 2 heterocycles. The number of carbonyl (C=O) groups excluding carboxylic acids is 3. The van der Waals surface area contributed by atoms with Crippen molar-refractivity contribution in [3.8, 4) is 5.75 Å². The van der Waals surface area contributed by atoms with E-state index < -0.39 is 5.25 Å². The summed E-state index contributed by atoms with van der Waals surface area (Å²) in [5.41, 5.74) is 1.94. The second-order valence-corrected chi connectivity index (χ2v) is 11.5. The van der Waals surface area contributed by atoms with Crippen molar-refractivity contribution in [1.82, 2.24) is 20.1 Å². The Morgan fingerprint density at radius 1 is 1.15 bits per heavy atom. The number of methoxy groups -OCH3 is 1. The lowest BCUT2D eigenvalue weighted by molar-refractivity contribution is -0.115. The predicted molar refractivity (Wildman–Crippen MR) is 151 cm³/mol. The zero-order chi connectivity index (χ0) is 27.9. The van der Waals surface area contributed by atoms with E-state index in [-0.39, 0.29) is 30.9 Å². The highest BCUT2D eigenvalue weighted by Crippen LogP contribution is 2.38. The topological polar surface area (TPSA) is 124 Å². The van der Waals surface area contributed by atoms with E-state index in [9.17, 15) is 14.4 Å². The van der Waals surface area contributed by atoms with Gasteiger partial charge in [-0.05, 0) is 57.2 Å². The highest BCUT2D eigenvalue weighted by atomic mass is 32.2. The van der Waals surface area contributed by atoms with Crippen LogP contribution in [0.2, 0.25) is 0 Å². The average Bonchev–Trinajstić information content (AvgIpc) is 3.36. The molecule has 10 nitrogen and oxygen atoms in total. The minimum Gasteiger partial charge on any atom is -0.496 e. The lowest BCUT2D eigenvalue weighted by Gasteiger charge is -2.13. The van der Waals surface area contributed by atoms with E-state index >= 15 is 0 Å². The molecule has 0 aliphatic heterocycles. The van der Waals surface area contributed by atoms with Crippen LogP contribution in [0.5, 0.6) is 5.75 Å². The lowest BCUT2D eigenvalue weighted by Crippen LogP contribution is -2.25. The first kappa shape index (κ1) is 28.6. The van der Waals surface area contributed by atoms with Gasteiger partial charge in [-0.3, -0.25) is 9.59 Å². The number of anilines is 1. The van der Waals surface area contributed by atoms with Gasteiger partial charge in [0.2, 0.25) is 5.91 Å². The fourth-order valence-corrected chi connectivity index (χ4v) is 6.48. The summed E-state index contributed by atoms with van der Waals surface area (Å²) in [4.78, 5) is 39.8. The zero-order valence-corrected chi connectivity index (χ0v) is 24.2. The van der Waals surface area contributed by atoms with Crippen LogP contribution in [-0.2, 0) is 36.0 Å². The Morgan fingerprint density at radius 2 is 1.92 bits per heavy atom. The first-order valence-corrected chi connectivity index (χ1v) is 14.6. The largest absolute Gasteiger partial charge is 0.496 e. The first-order valence-electron chi connectivity index (χ1n) is 12.9. The summed E-state index contributed by atoms with van der Waals surface area (Å²) in [6.07, 6.45) is 4.94. The standard InChI is InChI=1S/C27H33N5O5S2/c1-5-37-26(35)22-18-12-7-6-8-14-20(18)39-25(22)29-23(33)16(2)38-27-31-30-21(32(27)3)15-28-24(34)17-11-9-10-13-19(17)36-4/h9-11,13,16H,5-8,12,14-15H2,1-4H3,(H,28,34)(H,29,33)/t16-/m0/s1. The van der Waals surface area contributed by atoms with Crippen LogP contribution in [0.4, 0.5) is 5.00 Å². The number of hydrogen-bond donors (Lipinski definition) is 2. The molecule has 0 unspecified atom stereocenters. The number of nitrogens with one attached hydrogen (secondary N) is 2. The molecule has 2 amide bonds. The molecule has 1 aliphatic carbocycles. The van der Waals surface area contributed by atoms with Gasteiger partial charge < -0.3 is 24.7 Å². The molecule has 0 bridgehead atoms. The van der Waals surface area contributed by atoms with Gasteiger partial charge in [0.15, 0.2) is 11.0 Å². The normalized spacial score (nSPS) is 13.6. The molecule has 0 saturated heterocycles. The van der Waals surface area contributed by atoms with Crippen LogP contribution in [0.15, 0.2) is 29.4 Å². The second-order valence-electron chi connectivity index (χ2n) is 9.08. The number of rotatable bonds is 10. The van der Waals surface area contributed by atoms with Gasteiger partial charge in [-0.1, -0.05) is 30.3 Å². The van der Waals surface area contributed by atoms with Crippen LogP contribution in [0.1, 0.15) is 70.1 Å². The van der Waals surface area contributed by atoms with Crippen molar-refractivity contribution >= 4 is 45.9 Å². The summed E-state index contributed by atoms with van der Waals surface area (Å²) < 4.78 is 12.3. The minimum absolute atomic E-state index is 0.158. The Morgan fingerprint density at radius 3 is 2.69 bits per heavy atom. The number of amides is 2. The van der Waals surface area contributed by atoms with Gasteiger partial charge in [0.05, 0.1) is 36.6 Å². The summed E-state index contributed by atoms with van der Waals surface area (Å²) in [6.45, 7) is 3.99. The third kappa shape index (κ3) is 6.62. The van der Waals surface area contributed by atoms with E-state index in [2.05, 4.69) is 20.8 Å². The number of aryl methyl sites for hydroxylation is 1. The van der Waals surface area contributed by atoms with Crippen LogP contribution in [0.3, 0.4) is 0 Å². The van der Waals surface area contributed by atoms with Gasteiger partial charge >= 0.3 is 5.97 Å². The van der Waals surface area contributed by atoms with Crippen LogP contribution in [-0.4, -0.2) is 51.5 Å². The molecule has 0 fully saturated rings. The molecule has 1 aromatic carbocycles. The quantitative estimate of drug-likeness (QED) is 0.209. The maximum atomic E-state index is 13.2. The number of para-hydroxylation sites is 1. The van der Waals surface area contributed by atoms with Crippen LogP contribution in [0.25, 0.3) is 0 Å². The van der Waals surface area contributed by atoms with E-state index in [1.807, 2.05) is 0 Å². The zero-order valence-electron chi connectivity index (χ0n) is 22.5. The van der Waals surface area contributed by atoms with E-state index in [1.54, 1.807) is 49.7 Å². The molecule has 208 valence electrons. The maximum Gasteiger partial charge on any atom is 0.341 e. The second kappa shape index (κ2) is 13.1. The van der Waals surface area contributed by atoms with Crippen molar-refractivity contribution in [2.45, 2.75) is 62.9 Å². The number of thiophene rings is 1. The Hall–Kier alpha value is -3.38. The fourth-order valence-electron chi connectivity index (χ4n) is 4.36. The van der Waals surface area contributed by atoms with E-state index in [1.165, 1.54) is 30.2 Å². The monoisotopic (exact) mass is 571 g/mol. The van der Waals surface area contributed by atoms with Crippen LogP contribution in [0, 0.1) is 0 Å². The first-order chi connectivity index (χ1) is 18.8. The number of hydrogen-bond acceptors (Lipinski definition) is 9. The van der Waals surface area contributed by atoms with Crippen molar-refractivity contribution in [2.24, 2.45) is 7.05 Å². The third-order valence-electron chi connectivity index (χ3n) is 6.47. The molecule has 39 heavy (non-hydrogen) atoms. The highest BCUT2D eigenvalue weighted by molar-refractivity contribution is 8.00. The molecule has 2 aromatic heterocycles. The third-order valence-corrected chi connectivity index (χ3v) is 8.81. The number of thioether (sulfide) groups is 1. The van der Waals surface area contributed by atoms with E-state index in [0.717, 1.165) is 42.5 Å². The van der Waals surface area contributed by atoms with E-state index in [4.69, 9.17) is 9.47 Å². The molecule has 0 spiro atoms. The van der Waals surface area contributed by atoms with E-state index in [0.29, 0.717) is 32.9 Å².